The maximum atomic E-state index is 5.84. The van der Waals surface area contributed by atoms with Gasteiger partial charge in [-0.15, -0.1) is 0 Å². The van der Waals surface area contributed by atoms with E-state index in [0.29, 0.717) is 11.2 Å². The van der Waals surface area contributed by atoms with Gasteiger partial charge in [0.25, 0.3) is 0 Å². The molecule has 1 fully saturated rings. The van der Waals surface area contributed by atoms with Crippen LogP contribution in [0.3, 0.4) is 0 Å². The first-order chi connectivity index (χ1) is 8.29. The molecule has 5 heteroatoms. The van der Waals surface area contributed by atoms with Gasteiger partial charge in [0.2, 0.25) is 0 Å². The lowest BCUT2D eigenvalue weighted by Gasteiger charge is -2.18. The van der Waals surface area contributed by atoms with Crippen LogP contribution < -0.4 is 10.6 Å². The third-order valence-corrected chi connectivity index (χ3v) is 3.63. The normalized spacial score (nSPS) is 20.3. The smallest absolute Gasteiger partial charge is 0.160 e. The lowest BCUT2D eigenvalue weighted by atomic mass is 10.1. The van der Waals surface area contributed by atoms with E-state index in [1.54, 1.807) is 0 Å². The number of nitrogens with two attached hydrogens (primary N) is 1. The summed E-state index contributed by atoms with van der Waals surface area (Å²) in [5, 5.41) is 7.82. The molecule has 1 aromatic heterocycles. The maximum Gasteiger partial charge on any atom is 0.160 e. The number of aromatic nitrogens is 2. The fraction of sp³-hybridized carbons (Fsp3) is 0.500. The van der Waals surface area contributed by atoms with Crippen molar-refractivity contribution in [1.82, 2.24) is 10.3 Å². The Morgan fingerprint density at radius 2 is 2.24 bits per heavy atom. The van der Waals surface area contributed by atoms with Gasteiger partial charge in [-0.3, -0.25) is 0 Å². The van der Waals surface area contributed by atoms with Crippen molar-refractivity contribution in [3.8, 4) is 0 Å². The Labute approximate surface area is 99.5 Å². The lowest BCUT2D eigenvalue weighted by Crippen LogP contribution is -2.19. The first-order valence-electron chi connectivity index (χ1n) is 6.05. The van der Waals surface area contributed by atoms with Crippen LogP contribution in [-0.2, 0) is 0 Å². The molecule has 17 heavy (non-hydrogen) atoms. The van der Waals surface area contributed by atoms with E-state index in [0.717, 1.165) is 30.2 Å². The monoisotopic (exact) mass is 232 g/mol. The zero-order chi connectivity index (χ0) is 11.8. The van der Waals surface area contributed by atoms with Gasteiger partial charge < -0.3 is 10.6 Å². The minimum atomic E-state index is 0.622. The zero-order valence-corrected chi connectivity index (χ0v) is 9.89. The van der Waals surface area contributed by atoms with Gasteiger partial charge in [-0.2, -0.15) is 0 Å². The Kier molecular flexibility index (Phi) is 2.39. The maximum absolute atomic E-state index is 5.84. The summed E-state index contributed by atoms with van der Waals surface area (Å²) in [6.07, 6.45) is 2.47. The van der Waals surface area contributed by atoms with Gasteiger partial charge in [0, 0.05) is 13.1 Å². The summed E-state index contributed by atoms with van der Waals surface area (Å²) < 4.78 is 4.79. The van der Waals surface area contributed by atoms with E-state index in [2.05, 4.69) is 22.1 Å². The van der Waals surface area contributed by atoms with Crippen LogP contribution >= 0.6 is 0 Å². The number of nitrogens with zero attached hydrogens (tertiary/aromatic N) is 3. The van der Waals surface area contributed by atoms with Crippen LogP contribution in [0.5, 0.6) is 0 Å². The predicted molar refractivity (Wildman–Crippen MR) is 66.8 cm³/mol. The molecule has 0 bridgehead atoms. The van der Waals surface area contributed by atoms with Crippen LogP contribution in [0.25, 0.3) is 11.0 Å². The third-order valence-electron chi connectivity index (χ3n) is 3.63. The van der Waals surface area contributed by atoms with E-state index in [-0.39, 0.29) is 0 Å². The highest BCUT2D eigenvalue weighted by Gasteiger charge is 2.24. The second kappa shape index (κ2) is 3.91. The van der Waals surface area contributed by atoms with Crippen molar-refractivity contribution in [3.05, 3.63) is 12.1 Å². The van der Waals surface area contributed by atoms with Crippen LogP contribution in [0.4, 0.5) is 11.4 Å². The molecule has 1 aliphatic rings. The summed E-state index contributed by atoms with van der Waals surface area (Å²) in [5.41, 5.74) is 9.00. The van der Waals surface area contributed by atoms with E-state index >= 15 is 0 Å². The molecule has 2 N–H and O–H groups in total. The molecule has 5 nitrogen and oxygen atoms in total. The highest BCUT2D eigenvalue weighted by molar-refractivity contribution is 5.95. The van der Waals surface area contributed by atoms with Crippen molar-refractivity contribution in [1.29, 1.82) is 0 Å². The standard InChI is InChI=1S/C12H16N4O/c1-2-8-5-6-16(7-8)10-4-3-9(13)11-12(10)15-17-14-11/h3-4,8H,2,5-7,13H2,1H3. The summed E-state index contributed by atoms with van der Waals surface area (Å²) >= 11 is 0. The summed E-state index contributed by atoms with van der Waals surface area (Å²) in [6.45, 7) is 4.40. The van der Waals surface area contributed by atoms with Crippen molar-refractivity contribution in [3.63, 3.8) is 0 Å². The average Bonchev–Trinajstić information content (AvgIpc) is 2.98. The number of benzene rings is 1. The van der Waals surface area contributed by atoms with Crippen molar-refractivity contribution in [2.24, 2.45) is 5.92 Å². The average molecular weight is 232 g/mol. The highest BCUT2D eigenvalue weighted by atomic mass is 16.6. The van der Waals surface area contributed by atoms with Gasteiger partial charge in [0.1, 0.15) is 0 Å². The number of hydrogen-bond acceptors (Lipinski definition) is 5. The molecule has 0 amide bonds. The predicted octanol–water partition coefficient (Wildman–Crippen LogP) is 2.04. The molecule has 0 aliphatic carbocycles. The Hall–Kier alpha value is -1.78. The van der Waals surface area contributed by atoms with Crippen molar-refractivity contribution in [2.75, 3.05) is 23.7 Å². The van der Waals surface area contributed by atoms with E-state index in [9.17, 15) is 0 Å². The summed E-state index contributed by atoms with van der Waals surface area (Å²) in [5.74, 6) is 0.780. The molecular formula is C12H16N4O. The Balaban J connectivity index is 2.01. The van der Waals surface area contributed by atoms with Gasteiger partial charge in [0.05, 0.1) is 11.4 Å². The molecule has 0 radical (unpaired) electrons. The molecule has 1 atom stereocenters. The molecule has 1 aromatic carbocycles. The third kappa shape index (κ3) is 1.62. The van der Waals surface area contributed by atoms with Crippen LogP contribution in [0.15, 0.2) is 16.8 Å². The van der Waals surface area contributed by atoms with E-state index in [1.807, 2.05) is 12.1 Å². The number of rotatable bonds is 2. The van der Waals surface area contributed by atoms with Gasteiger partial charge in [-0.05, 0) is 34.8 Å². The molecule has 0 saturated carbocycles. The second-order valence-electron chi connectivity index (χ2n) is 4.64. The topological polar surface area (TPSA) is 68.2 Å². The Bertz CT molecular complexity index is 536. The zero-order valence-electron chi connectivity index (χ0n) is 9.89. The second-order valence-corrected chi connectivity index (χ2v) is 4.64. The minimum Gasteiger partial charge on any atom is -0.397 e. The van der Waals surface area contributed by atoms with Crippen LogP contribution in [0, 0.1) is 5.92 Å². The molecule has 1 aliphatic heterocycles. The highest BCUT2D eigenvalue weighted by Crippen LogP contribution is 2.32. The van der Waals surface area contributed by atoms with E-state index in [4.69, 9.17) is 10.4 Å². The number of fused-ring (bicyclic) bond motifs is 1. The fourth-order valence-electron chi connectivity index (χ4n) is 2.51. The van der Waals surface area contributed by atoms with Gasteiger partial charge in [-0.25, -0.2) is 4.63 Å². The molecule has 90 valence electrons. The number of hydrogen-bond donors (Lipinski definition) is 1. The minimum absolute atomic E-state index is 0.622. The number of nitrogen functional groups attached to an aromatic ring is 1. The van der Waals surface area contributed by atoms with Crippen LogP contribution in [0.1, 0.15) is 19.8 Å². The Morgan fingerprint density at radius 3 is 3.00 bits per heavy atom. The van der Waals surface area contributed by atoms with E-state index in [1.165, 1.54) is 12.8 Å². The summed E-state index contributed by atoms with van der Waals surface area (Å²) in [6, 6.07) is 3.89. The first kappa shape index (κ1) is 10.4. The molecule has 3 rings (SSSR count). The molecule has 1 unspecified atom stereocenters. The quantitative estimate of drug-likeness (QED) is 0.802. The Morgan fingerprint density at radius 1 is 1.41 bits per heavy atom. The van der Waals surface area contributed by atoms with Crippen LogP contribution in [0.2, 0.25) is 0 Å². The molecule has 1 saturated heterocycles. The lowest BCUT2D eigenvalue weighted by molar-refractivity contribution is 0.315. The van der Waals surface area contributed by atoms with Gasteiger partial charge in [-0.1, -0.05) is 13.3 Å². The largest absolute Gasteiger partial charge is 0.397 e. The van der Waals surface area contributed by atoms with Gasteiger partial charge in [0.15, 0.2) is 11.0 Å². The molecule has 2 heterocycles. The molecular weight excluding hydrogens is 216 g/mol. The SMILES string of the molecule is CCC1CCN(c2ccc(N)c3nonc23)C1. The fourth-order valence-corrected chi connectivity index (χ4v) is 2.51. The van der Waals surface area contributed by atoms with E-state index < -0.39 is 0 Å². The van der Waals surface area contributed by atoms with Crippen molar-refractivity contribution >= 4 is 22.4 Å². The molecule has 2 aromatic rings. The first-order valence-corrected chi connectivity index (χ1v) is 6.05. The van der Waals surface area contributed by atoms with Gasteiger partial charge >= 0.3 is 0 Å². The summed E-state index contributed by atoms with van der Waals surface area (Å²) in [7, 11) is 0. The van der Waals surface area contributed by atoms with Crippen molar-refractivity contribution < 1.29 is 4.63 Å². The molecule has 0 spiro atoms. The van der Waals surface area contributed by atoms with Crippen LogP contribution in [-0.4, -0.2) is 23.4 Å². The summed E-state index contributed by atoms with van der Waals surface area (Å²) in [4.78, 5) is 2.35. The number of anilines is 2. The van der Waals surface area contributed by atoms with Crippen molar-refractivity contribution in [2.45, 2.75) is 19.8 Å².